The zero-order valence-electron chi connectivity index (χ0n) is 27.1. The van der Waals surface area contributed by atoms with Gasteiger partial charge in [-0.05, 0) is 39.5 Å². The summed E-state index contributed by atoms with van der Waals surface area (Å²) in [5.74, 6) is 0. The quantitative estimate of drug-likeness (QED) is 0.0455. The molecule has 0 aliphatic heterocycles. The van der Waals surface area contributed by atoms with Gasteiger partial charge < -0.3 is 4.48 Å². The van der Waals surface area contributed by atoms with Crippen LogP contribution in [0.5, 0.6) is 0 Å². The van der Waals surface area contributed by atoms with E-state index in [1.54, 1.807) is 0 Å². The Morgan fingerprint density at radius 2 is 0.447 bits per heavy atom. The van der Waals surface area contributed by atoms with Crippen LogP contribution in [0.2, 0.25) is 0 Å². The van der Waals surface area contributed by atoms with E-state index in [0.29, 0.717) is 0 Å². The van der Waals surface area contributed by atoms with Crippen LogP contribution in [-0.4, -0.2) is 39.1 Å². The summed E-state index contributed by atoms with van der Waals surface area (Å²) < 4.78 is 1.39. The van der Waals surface area contributed by atoms with Gasteiger partial charge in [0.05, 0.1) is 34.6 Å². The van der Waals surface area contributed by atoms with Crippen molar-refractivity contribution in [1.29, 1.82) is 0 Å². The molecule has 0 amide bonds. The average molecular weight is 537 g/mol. The van der Waals surface area contributed by atoms with Crippen molar-refractivity contribution in [2.24, 2.45) is 0 Å². The highest BCUT2D eigenvalue weighted by molar-refractivity contribution is 5.75. The van der Waals surface area contributed by atoms with Gasteiger partial charge in [-0.2, -0.15) is 0 Å². The van der Waals surface area contributed by atoms with E-state index in [0.717, 1.165) is 0 Å². The minimum absolute atomic E-state index is 0. The first-order valence-corrected chi connectivity index (χ1v) is 18.1. The molecule has 0 saturated heterocycles. The van der Waals surface area contributed by atoms with Crippen molar-refractivity contribution in [2.45, 2.75) is 207 Å². The number of nitrogens with zero attached hydrogens (tertiary/aromatic N) is 1. The number of hydrogen-bond acceptors (Lipinski definition) is 0. The highest BCUT2D eigenvalue weighted by Crippen LogP contribution is 2.17. The first-order valence-electron chi connectivity index (χ1n) is 18.1. The van der Waals surface area contributed by atoms with E-state index >= 15 is 0 Å². The maximum Gasteiger partial charge on any atom is 0.0814 e. The molecule has 0 saturated carbocycles. The maximum atomic E-state index is 2.44. The van der Waals surface area contributed by atoms with Gasteiger partial charge in [0.25, 0.3) is 0 Å². The van der Waals surface area contributed by atoms with Crippen LogP contribution in [0.4, 0.5) is 0 Å². The van der Waals surface area contributed by atoms with Crippen LogP contribution in [0, 0.1) is 0 Å². The van der Waals surface area contributed by atoms with Gasteiger partial charge >= 0.3 is 0 Å². The van der Waals surface area contributed by atoms with E-state index in [1.165, 1.54) is 210 Å². The van der Waals surface area contributed by atoms with Crippen molar-refractivity contribution in [3.8, 4) is 0 Å². The van der Waals surface area contributed by atoms with Crippen LogP contribution in [0.1, 0.15) is 207 Å². The monoisotopic (exact) mass is 537 g/mol. The zero-order chi connectivity index (χ0) is 27.1. The molecule has 0 aliphatic rings. The lowest BCUT2D eigenvalue weighted by Gasteiger charge is -2.37. The summed E-state index contributed by atoms with van der Waals surface area (Å²) in [4.78, 5) is 0. The Balaban J connectivity index is 0. The van der Waals surface area contributed by atoms with E-state index in [2.05, 4.69) is 27.7 Å². The fourth-order valence-corrected chi connectivity index (χ4v) is 6.25. The molecule has 0 heterocycles. The lowest BCUT2D eigenvalue weighted by Crippen LogP contribution is -2.49. The van der Waals surface area contributed by atoms with Gasteiger partial charge in [0.2, 0.25) is 0 Å². The van der Waals surface area contributed by atoms with E-state index in [9.17, 15) is 0 Å². The predicted molar refractivity (Wildman–Crippen MR) is 182 cm³/mol. The fraction of sp³-hybridized carbons (Fsp3) is 1.00. The second-order valence-electron chi connectivity index (χ2n) is 12.6. The van der Waals surface area contributed by atoms with Crippen molar-refractivity contribution in [2.75, 3.05) is 26.2 Å². The van der Waals surface area contributed by atoms with E-state index in [1.807, 2.05) is 0 Å². The summed E-state index contributed by atoms with van der Waals surface area (Å²) in [6.45, 7) is 15.1. The SMILES string of the molecule is B.CCCCCCCCCCCCCCCC[N+](CC)(CC)CCCCCCCCCCCCCCCC. The van der Waals surface area contributed by atoms with Gasteiger partial charge in [0.15, 0.2) is 0 Å². The minimum Gasteiger partial charge on any atom is -0.324 e. The molecule has 0 bridgehead atoms. The lowest BCUT2D eigenvalue weighted by molar-refractivity contribution is -0.925. The first kappa shape index (κ1) is 40.2. The Labute approximate surface area is 246 Å². The summed E-state index contributed by atoms with van der Waals surface area (Å²) >= 11 is 0. The smallest absolute Gasteiger partial charge is 0.0814 e. The molecule has 0 radical (unpaired) electrons. The third kappa shape index (κ3) is 27.6. The molecule has 0 spiro atoms. The maximum absolute atomic E-state index is 2.44. The van der Waals surface area contributed by atoms with E-state index in [4.69, 9.17) is 0 Å². The van der Waals surface area contributed by atoms with Crippen LogP contribution >= 0.6 is 0 Å². The van der Waals surface area contributed by atoms with Gasteiger partial charge in [-0.25, -0.2) is 0 Å². The molecule has 0 fully saturated rings. The van der Waals surface area contributed by atoms with Crippen molar-refractivity contribution in [3.63, 3.8) is 0 Å². The third-order valence-electron chi connectivity index (χ3n) is 9.31. The summed E-state index contributed by atoms with van der Waals surface area (Å²) in [5.41, 5.74) is 0. The van der Waals surface area contributed by atoms with Gasteiger partial charge in [0.1, 0.15) is 0 Å². The Morgan fingerprint density at radius 3 is 0.632 bits per heavy atom. The molecule has 0 aliphatic carbocycles. The Morgan fingerprint density at radius 1 is 0.263 bits per heavy atom. The van der Waals surface area contributed by atoms with Crippen molar-refractivity contribution >= 4 is 8.41 Å². The molecule has 2 heteroatoms. The third-order valence-corrected chi connectivity index (χ3v) is 9.31. The number of hydrogen-bond donors (Lipinski definition) is 0. The second kappa shape index (κ2) is 33.2. The summed E-state index contributed by atoms with van der Waals surface area (Å²) in [7, 11) is 0. The van der Waals surface area contributed by atoms with E-state index < -0.39 is 0 Å². The highest BCUT2D eigenvalue weighted by Gasteiger charge is 2.21. The first-order chi connectivity index (χ1) is 18.2. The molecule has 0 aromatic carbocycles. The second-order valence-corrected chi connectivity index (χ2v) is 12.6. The molecule has 38 heavy (non-hydrogen) atoms. The van der Waals surface area contributed by atoms with Crippen molar-refractivity contribution in [1.82, 2.24) is 0 Å². The number of rotatable bonds is 32. The minimum atomic E-state index is 0. The zero-order valence-corrected chi connectivity index (χ0v) is 27.1. The molecule has 0 rings (SSSR count). The fourth-order valence-electron chi connectivity index (χ4n) is 6.25. The Hall–Kier alpha value is 0.0249. The highest BCUT2D eigenvalue weighted by atomic mass is 15.3. The number of unbranched alkanes of at least 4 members (excludes halogenated alkanes) is 26. The number of quaternary nitrogens is 1. The summed E-state index contributed by atoms with van der Waals surface area (Å²) in [6.07, 6.45) is 41.1. The van der Waals surface area contributed by atoms with Crippen LogP contribution in [0.3, 0.4) is 0 Å². The molecule has 0 aromatic heterocycles. The normalized spacial score (nSPS) is 11.7. The molecule has 0 N–H and O–H groups in total. The van der Waals surface area contributed by atoms with Crippen LogP contribution in [-0.2, 0) is 0 Å². The molecular formula is C36H79BN+. The standard InChI is InChI=1S/C36H76N.BH3/c1-5-9-11-13-15-17-19-21-23-25-27-29-31-33-35-37(7-3,8-4)36-34-32-30-28-26-24-22-20-18-16-14-12-10-6-2;/h5-36H2,1-4H3;1H3/q+1;. The largest absolute Gasteiger partial charge is 0.324 e. The lowest BCUT2D eigenvalue weighted by atomic mass is 10.0. The van der Waals surface area contributed by atoms with Gasteiger partial charge in [-0.15, -0.1) is 0 Å². The van der Waals surface area contributed by atoms with Crippen molar-refractivity contribution < 1.29 is 4.48 Å². The topological polar surface area (TPSA) is 0 Å². The molecule has 0 atom stereocenters. The molecular weight excluding hydrogens is 457 g/mol. The van der Waals surface area contributed by atoms with Gasteiger partial charge in [0, 0.05) is 0 Å². The summed E-state index contributed by atoms with van der Waals surface area (Å²) in [5, 5.41) is 0. The molecule has 1 nitrogen and oxygen atoms in total. The van der Waals surface area contributed by atoms with Gasteiger partial charge in [-0.3, -0.25) is 0 Å². The van der Waals surface area contributed by atoms with Crippen LogP contribution in [0.15, 0.2) is 0 Å². The molecule has 0 unspecified atom stereocenters. The molecule has 0 aromatic rings. The molecule has 230 valence electrons. The Kier molecular flexibility index (Phi) is 35.1. The van der Waals surface area contributed by atoms with Gasteiger partial charge in [-0.1, -0.05) is 168 Å². The van der Waals surface area contributed by atoms with E-state index in [-0.39, 0.29) is 8.41 Å². The van der Waals surface area contributed by atoms with Crippen molar-refractivity contribution in [3.05, 3.63) is 0 Å². The van der Waals surface area contributed by atoms with Crippen LogP contribution in [0.25, 0.3) is 0 Å². The predicted octanol–water partition coefficient (Wildman–Crippen LogP) is 11.6. The Bertz CT molecular complexity index is 372. The summed E-state index contributed by atoms with van der Waals surface area (Å²) in [6, 6.07) is 0. The van der Waals surface area contributed by atoms with Crippen LogP contribution < -0.4 is 0 Å². The average Bonchev–Trinajstić information content (AvgIpc) is 2.92.